The number of benzene rings is 2. The Balaban J connectivity index is 1.45. The first-order valence-corrected chi connectivity index (χ1v) is 11.6. The topological polar surface area (TPSA) is 114 Å². The molecule has 0 atom stereocenters. The van der Waals surface area contributed by atoms with E-state index in [2.05, 4.69) is 30.2 Å². The number of nitrogens with zero attached hydrogens (tertiary/aromatic N) is 4. The van der Waals surface area contributed by atoms with E-state index in [1.165, 1.54) is 0 Å². The summed E-state index contributed by atoms with van der Waals surface area (Å²) in [5.41, 5.74) is 6.76. The quantitative estimate of drug-likeness (QED) is 0.327. The second-order valence-electron chi connectivity index (χ2n) is 7.59. The van der Waals surface area contributed by atoms with E-state index in [0.29, 0.717) is 17.3 Å². The van der Waals surface area contributed by atoms with Crippen LogP contribution in [0.25, 0.3) is 33.7 Å². The highest BCUT2D eigenvalue weighted by atomic mass is 32.2. The summed E-state index contributed by atoms with van der Waals surface area (Å²) in [7, 11) is -2.48. The lowest BCUT2D eigenvalue weighted by molar-refractivity contribution is 0.614. The predicted octanol–water partition coefficient (Wildman–Crippen LogP) is 4.25. The minimum atomic E-state index is -2.48. The number of thiol groups is 1. The molecule has 3 heterocycles. The van der Waals surface area contributed by atoms with Crippen LogP contribution in [-0.4, -0.2) is 33.3 Å². The molecule has 0 bridgehead atoms. The number of hydrogen-bond donors (Lipinski definition) is 3. The molecule has 2 N–H and O–H groups in total. The zero-order chi connectivity index (χ0) is 22.8. The second kappa shape index (κ2) is 8.79. The summed E-state index contributed by atoms with van der Waals surface area (Å²) in [5, 5.41) is 3.31. The number of aromatic nitrogens is 5. The van der Waals surface area contributed by atoms with Crippen LogP contribution in [0.15, 0.2) is 73.2 Å². The van der Waals surface area contributed by atoms with Crippen molar-refractivity contribution in [1.29, 1.82) is 0 Å². The minimum Gasteiger partial charge on any atom is -0.338 e. The zero-order valence-electron chi connectivity index (χ0n) is 17.7. The summed E-state index contributed by atoms with van der Waals surface area (Å²) in [5.74, 6) is 1.18. The van der Waals surface area contributed by atoms with E-state index in [1.54, 1.807) is 30.7 Å². The fourth-order valence-electron chi connectivity index (χ4n) is 3.55. The van der Waals surface area contributed by atoms with Crippen molar-refractivity contribution in [1.82, 2.24) is 24.9 Å². The number of imidazole rings is 1. The molecule has 0 unspecified atom stereocenters. The van der Waals surface area contributed by atoms with E-state index in [-0.39, 0.29) is 5.75 Å². The van der Waals surface area contributed by atoms with Crippen molar-refractivity contribution in [2.24, 2.45) is 0 Å². The Morgan fingerprint density at radius 3 is 2.70 bits per heavy atom. The van der Waals surface area contributed by atoms with Crippen LogP contribution in [0.4, 0.5) is 11.6 Å². The maximum absolute atomic E-state index is 11.0. The predicted molar refractivity (Wildman–Crippen MR) is 129 cm³/mol. The number of anilines is 2. The van der Waals surface area contributed by atoms with E-state index in [9.17, 15) is 8.42 Å². The summed E-state index contributed by atoms with van der Waals surface area (Å²) in [6, 6.07) is 17.1. The molecule has 33 heavy (non-hydrogen) atoms. The maximum atomic E-state index is 11.0. The second-order valence-corrected chi connectivity index (χ2v) is 8.57. The number of nitrogens with one attached hydrogen (secondary N) is 2. The first-order valence-electron chi connectivity index (χ1n) is 10.3. The largest absolute Gasteiger partial charge is 0.338 e. The van der Waals surface area contributed by atoms with E-state index >= 15 is 0 Å². The third-order valence-electron chi connectivity index (χ3n) is 5.23. The standard InChI is InChI=1S/C24H20N6O2S/c1-15-4-6-17(23-27-20-7-5-16(14-33(31)32)11-22(20)28-23)12-21(15)30-24-26-10-8-19(29-24)18-3-2-9-25-13-18/h2-13,33H,14H2,1H3,(H,27,28)(H,26,29,30). The van der Waals surface area contributed by atoms with Gasteiger partial charge in [0.05, 0.1) is 22.5 Å². The molecule has 8 nitrogen and oxygen atoms in total. The fraction of sp³-hybridized carbons (Fsp3) is 0.0833. The molecule has 0 aliphatic rings. The lowest BCUT2D eigenvalue weighted by Gasteiger charge is -2.10. The molecule has 5 aromatic rings. The highest BCUT2D eigenvalue weighted by Crippen LogP contribution is 2.28. The summed E-state index contributed by atoms with van der Waals surface area (Å²) < 4.78 is 22.1. The Kier molecular flexibility index (Phi) is 5.54. The van der Waals surface area contributed by atoms with Crippen molar-refractivity contribution in [2.45, 2.75) is 12.7 Å². The van der Waals surface area contributed by atoms with Gasteiger partial charge in [-0.15, -0.1) is 0 Å². The van der Waals surface area contributed by atoms with Crippen LogP contribution < -0.4 is 5.32 Å². The molecule has 3 aromatic heterocycles. The van der Waals surface area contributed by atoms with Gasteiger partial charge in [-0.05, 0) is 54.4 Å². The van der Waals surface area contributed by atoms with E-state index in [1.807, 2.05) is 49.4 Å². The third-order valence-corrected chi connectivity index (χ3v) is 5.85. The number of pyridine rings is 1. The van der Waals surface area contributed by atoms with Gasteiger partial charge in [0, 0.05) is 35.4 Å². The molecule has 9 heteroatoms. The molecule has 2 aromatic carbocycles. The Labute approximate surface area is 191 Å². The Hall–Kier alpha value is -4.11. The zero-order valence-corrected chi connectivity index (χ0v) is 18.6. The number of hydrogen-bond acceptors (Lipinski definition) is 7. The van der Waals surface area contributed by atoms with Gasteiger partial charge in [-0.2, -0.15) is 0 Å². The van der Waals surface area contributed by atoms with Gasteiger partial charge in [0.1, 0.15) is 16.5 Å². The first kappa shape index (κ1) is 20.8. The number of H-pyrrole nitrogens is 1. The van der Waals surface area contributed by atoms with Crippen molar-refractivity contribution in [2.75, 3.05) is 5.32 Å². The smallest absolute Gasteiger partial charge is 0.227 e. The molecule has 164 valence electrons. The van der Waals surface area contributed by atoms with Gasteiger partial charge >= 0.3 is 0 Å². The summed E-state index contributed by atoms with van der Waals surface area (Å²) >= 11 is 0. The van der Waals surface area contributed by atoms with Crippen LogP contribution in [-0.2, 0) is 16.5 Å². The van der Waals surface area contributed by atoms with E-state index in [0.717, 1.165) is 39.1 Å². The van der Waals surface area contributed by atoms with Gasteiger partial charge in [0.15, 0.2) is 0 Å². The molecule has 0 fully saturated rings. The van der Waals surface area contributed by atoms with Crippen molar-refractivity contribution < 1.29 is 8.42 Å². The highest BCUT2D eigenvalue weighted by Gasteiger charge is 2.10. The Morgan fingerprint density at radius 2 is 1.88 bits per heavy atom. The molecule has 0 aliphatic carbocycles. The minimum absolute atomic E-state index is 0.00414. The molecule has 0 amide bonds. The van der Waals surface area contributed by atoms with Crippen molar-refractivity contribution in [3.8, 4) is 22.6 Å². The lowest BCUT2D eigenvalue weighted by Crippen LogP contribution is -2.00. The van der Waals surface area contributed by atoms with Crippen LogP contribution >= 0.6 is 0 Å². The molecule has 0 saturated heterocycles. The number of aryl methyl sites for hydroxylation is 1. The summed E-state index contributed by atoms with van der Waals surface area (Å²) in [6.45, 7) is 2.01. The molecule has 0 radical (unpaired) electrons. The van der Waals surface area contributed by atoms with Crippen LogP contribution in [0.2, 0.25) is 0 Å². The third kappa shape index (κ3) is 4.58. The highest BCUT2D eigenvalue weighted by molar-refractivity contribution is 7.71. The lowest BCUT2D eigenvalue weighted by atomic mass is 10.1. The molecule has 0 spiro atoms. The average molecular weight is 457 g/mol. The van der Waals surface area contributed by atoms with Crippen molar-refractivity contribution in [3.05, 3.63) is 84.3 Å². The van der Waals surface area contributed by atoms with Gasteiger partial charge in [-0.3, -0.25) is 4.98 Å². The van der Waals surface area contributed by atoms with Crippen molar-refractivity contribution in [3.63, 3.8) is 0 Å². The fourth-order valence-corrected chi connectivity index (χ4v) is 4.05. The first-order chi connectivity index (χ1) is 16.0. The van der Waals surface area contributed by atoms with Crippen molar-refractivity contribution >= 4 is 33.4 Å². The number of rotatable bonds is 6. The maximum Gasteiger partial charge on any atom is 0.227 e. The van der Waals surface area contributed by atoms with Gasteiger partial charge in [0.25, 0.3) is 0 Å². The summed E-state index contributed by atoms with van der Waals surface area (Å²) in [6.07, 6.45) is 5.20. The van der Waals surface area contributed by atoms with Crippen LogP contribution in [0.1, 0.15) is 11.1 Å². The molecular formula is C24H20N6O2S. The molecule has 0 saturated carbocycles. The molecular weight excluding hydrogens is 436 g/mol. The summed E-state index contributed by atoms with van der Waals surface area (Å²) in [4.78, 5) is 21.1. The SMILES string of the molecule is Cc1ccc(-c2nc3cc(C[SH](=O)=O)ccc3[nH]2)cc1Nc1nccc(-c2cccnc2)n1. The van der Waals surface area contributed by atoms with Gasteiger partial charge in [-0.25, -0.2) is 23.4 Å². The molecule has 5 rings (SSSR count). The van der Waals surface area contributed by atoms with Crippen LogP contribution in [0.3, 0.4) is 0 Å². The van der Waals surface area contributed by atoms with E-state index < -0.39 is 10.7 Å². The monoisotopic (exact) mass is 456 g/mol. The van der Waals surface area contributed by atoms with Gasteiger partial charge in [-0.1, -0.05) is 18.2 Å². The van der Waals surface area contributed by atoms with Gasteiger partial charge < -0.3 is 10.3 Å². The Bertz CT molecular complexity index is 1520. The average Bonchev–Trinajstić information content (AvgIpc) is 3.24. The normalized spacial score (nSPS) is 11.2. The van der Waals surface area contributed by atoms with E-state index in [4.69, 9.17) is 0 Å². The van der Waals surface area contributed by atoms with Crippen LogP contribution in [0, 0.1) is 6.92 Å². The Morgan fingerprint density at radius 1 is 0.970 bits per heavy atom. The number of fused-ring (bicyclic) bond motifs is 1. The van der Waals surface area contributed by atoms with Gasteiger partial charge in [0.2, 0.25) is 5.95 Å². The molecule has 0 aliphatic heterocycles. The number of aromatic amines is 1. The van der Waals surface area contributed by atoms with Crippen LogP contribution in [0.5, 0.6) is 0 Å².